The number of carbonyl (C=O) groups is 5. The number of aliphatic carboxylic acids is 2. The quantitative estimate of drug-likeness (QED) is 0.162. The summed E-state index contributed by atoms with van der Waals surface area (Å²) in [7, 11) is 0. The SMILES string of the molecule is CC(NC(=O)C(CO)NC(=O)C(Cc1cnc[nH]1)NC(=O)C(N)CC(=O)O)C(=O)O. The van der Waals surface area contributed by atoms with Gasteiger partial charge >= 0.3 is 11.9 Å². The first-order chi connectivity index (χ1) is 14.0. The first-order valence-electron chi connectivity index (χ1n) is 8.74. The van der Waals surface area contributed by atoms with Gasteiger partial charge in [0.1, 0.15) is 18.1 Å². The summed E-state index contributed by atoms with van der Waals surface area (Å²) in [6.45, 7) is 0.356. The number of aliphatic hydroxyl groups is 1. The van der Waals surface area contributed by atoms with Crippen LogP contribution >= 0.6 is 0 Å². The van der Waals surface area contributed by atoms with E-state index in [2.05, 4.69) is 25.9 Å². The van der Waals surface area contributed by atoms with Gasteiger partial charge in [0.15, 0.2) is 0 Å². The maximum atomic E-state index is 12.6. The predicted molar refractivity (Wildman–Crippen MR) is 98.7 cm³/mol. The molecule has 166 valence electrons. The normalized spacial score (nSPS) is 14.6. The Kier molecular flexibility index (Phi) is 9.38. The molecule has 1 aromatic rings. The summed E-state index contributed by atoms with van der Waals surface area (Å²) in [4.78, 5) is 64.9. The number of aliphatic hydroxyl groups excluding tert-OH is 1. The van der Waals surface area contributed by atoms with Gasteiger partial charge in [0.2, 0.25) is 17.7 Å². The molecule has 9 N–H and O–H groups in total. The molecule has 1 heterocycles. The third-order valence-electron chi connectivity index (χ3n) is 3.89. The smallest absolute Gasteiger partial charge is 0.325 e. The number of nitrogens with zero attached hydrogens (tertiary/aromatic N) is 1. The van der Waals surface area contributed by atoms with Crippen molar-refractivity contribution in [2.24, 2.45) is 5.73 Å². The minimum absolute atomic E-state index is 0.108. The van der Waals surface area contributed by atoms with E-state index in [1.54, 1.807) is 0 Å². The van der Waals surface area contributed by atoms with Gasteiger partial charge in [0.05, 0.1) is 25.4 Å². The van der Waals surface area contributed by atoms with E-state index in [4.69, 9.17) is 15.9 Å². The zero-order valence-corrected chi connectivity index (χ0v) is 16.0. The number of imidazole rings is 1. The average molecular weight is 428 g/mol. The molecule has 0 spiro atoms. The minimum Gasteiger partial charge on any atom is -0.481 e. The van der Waals surface area contributed by atoms with Crippen molar-refractivity contribution in [3.8, 4) is 0 Å². The number of nitrogens with two attached hydrogens (primary N) is 1. The van der Waals surface area contributed by atoms with Crippen LogP contribution in [0.5, 0.6) is 0 Å². The molecule has 4 atom stereocenters. The highest BCUT2D eigenvalue weighted by Gasteiger charge is 2.30. The molecule has 0 aliphatic carbocycles. The maximum absolute atomic E-state index is 12.6. The van der Waals surface area contributed by atoms with Crippen LogP contribution in [0.4, 0.5) is 0 Å². The molecule has 14 heteroatoms. The highest BCUT2D eigenvalue weighted by molar-refractivity contribution is 5.94. The number of nitrogens with one attached hydrogen (secondary N) is 4. The number of carboxylic acid groups (broad SMARTS) is 2. The topological polar surface area (TPSA) is 237 Å². The van der Waals surface area contributed by atoms with Gasteiger partial charge in [-0.1, -0.05) is 0 Å². The van der Waals surface area contributed by atoms with Crippen molar-refractivity contribution in [3.63, 3.8) is 0 Å². The van der Waals surface area contributed by atoms with Crippen molar-refractivity contribution in [2.75, 3.05) is 6.61 Å². The molecule has 0 saturated carbocycles. The highest BCUT2D eigenvalue weighted by atomic mass is 16.4. The summed E-state index contributed by atoms with van der Waals surface area (Å²) in [5.41, 5.74) is 5.93. The monoisotopic (exact) mass is 428 g/mol. The first-order valence-corrected chi connectivity index (χ1v) is 8.74. The van der Waals surface area contributed by atoms with Gasteiger partial charge in [-0.05, 0) is 6.92 Å². The standard InChI is InChI=1S/C16H24N6O8/c1-7(16(29)30)20-15(28)11(5-23)22-14(27)10(2-8-4-18-6-19-8)21-13(26)9(17)3-12(24)25/h4,6-7,9-11,23H,2-3,5,17H2,1H3,(H,18,19)(H,20,28)(H,21,26)(H,22,27)(H,24,25)(H,29,30). The second kappa shape index (κ2) is 11.5. The van der Waals surface area contributed by atoms with Crippen molar-refractivity contribution < 1.29 is 39.3 Å². The molecule has 0 aromatic carbocycles. The van der Waals surface area contributed by atoms with Crippen molar-refractivity contribution in [3.05, 3.63) is 18.2 Å². The molecule has 1 aromatic heterocycles. The molecule has 1 rings (SSSR count). The van der Waals surface area contributed by atoms with Gasteiger partial charge in [0, 0.05) is 18.3 Å². The van der Waals surface area contributed by atoms with Crippen LogP contribution in [0.1, 0.15) is 19.0 Å². The fourth-order valence-corrected chi connectivity index (χ4v) is 2.23. The van der Waals surface area contributed by atoms with Crippen LogP contribution in [0, 0.1) is 0 Å². The number of aromatic amines is 1. The van der Waals surface area contributed by atoms with Gasteiger partial charge in [-0.15, -0.1) is 0 Å². The third kappa shape index (κ3) is 7.84. The Morgan fingerprint density at radius 2 is 1.67 bits per heavy atom. The van der Waals surface area contributed by atoms with Gasteiger partial charge in [-0.25, -0.2) is 4.98 Å². The molecule has 0 radical (unpaired) electrons. The number of carbonyl (C=O) groups excluding carboxylic acids is 3. The molecular formula is C16H24N6O8. The zero-order chi connectivity index (χ0) is 22.8. The average Bonchev–Trinajstić information content (AvgIpc) is 3.17. The van der Waals surface area contributed by atoms with Gasteiger partial charge in [0.25, 0.3) is 0 Å². The lowest BCUT2D eigenvalue weighted by Gasteiger charge is -2.23. The van der Waals surface area contributed by atoms with Crippen molar-refractivity contribution in [1.82, 2.24) is 25.9 Å². The lowest BCUT2D eigenvalue weighted by Crippen LogP contribution is -2.58. The summed E-state index contributed by atoms with van der Waals surface area (Å²) < 4.78 is 0. The fraction of sp³-hybridized carbons (Fsp3) is 0.500. The Morgan fingerprint density at radius 3 is 2.17 bits per heavy atom. The summed E-state index contributed by atoms with van der Waals surface area (Å²) >= 11 is 0. The van der Waals surface area contributed by atoms with E-state index in [1.165, 1.54) is 19.4 Å². The Morgan fingerprint density at radius 1 is 1.07 bits per heavy atom. The molecule has 14 nitrogen and oxygen atoms in total. The number of hydrogen-bond donors (Lipinski definition) is 8. The fourth-order valence-electron chi connectivity index (χ4n) is 2.23. The van der Waals surface area contributed by atoms with Crippen LogP contribution in [-0.4, -0.2) is 85.7 Å². The van der Waals surface area contributed by atoms with Gasteiger partial charge in [-0.3, -0.25) is 24.0 Å². The minimum atomic E-state index is -1.49. The van der Waals surface area contributed by atoms with E-state index >= 15 is 0 Å². The van der Waals surface area contributed by atoms with Gasteiger partial charge in [-0.2, -0.15) is 0 Å². The van der Waals surface area contributed by atoms with Crippen LogP contribution in [0.2, 0.25) is 0 Å². The molecule has 0 bridgehead atoms. The zero-order valence-electron chi connectivity index (χ0n) is 16.0. The molecule has 0 fully saturated rings. The van der Waals surface area contributed by atoms with E-state index in [-0.39, 0.29) is 6.42 Å². The lowest BCUT2D eigenvalue weighted by atomic mass is 10.1. The third-order valence-corrected chi connectivity index (χ3v) is 3.89. The van der Waals surface area contributed by atoms with E-state index in [1.807, 2.05) is 0 Å². The predicted octanol–water partition coefficient (Wildman–Crippen LogP) is -3.69. The summed E-state index contributed by atoms with van der Waals surface area (Å²) in [5, 5.41) is 33.6. The Hall–Kier alpha value is -3.52. The van der Waals surface area contributed by atoms with E-state index in [0.29, 0.717) is 5.69 Å². The largest absolute Gasteiger partial charge is 0.481 e. The molecule has 3 amide bonds. The van der Waals surface area contributed by atoms with Crippen LogP contribution < -0.4 is 21.7 Å². The number of aromatic nitrogens is 2. The summed E-state index contributed by atoms with van der Waals surface area (Å²) in [6.07, 6.45) is 1.94. The van der Waals surface area contributed by atoms with Crippen molar-refractivity contribution in [2.45, 2.75) is 43.9 Å². The number of H-pyrrole nitrogens is 1. The van der Waals surface area contributed by atoms with Crippen molar-refractivity contribution in [1.29, 1.82) is 0 Å². The van der Waals surface area contributed by atoms with E-state index in [9.17, 15) is 29.1 Å². The molecular weight excluding hydrogens is 404 g/mol. The second-order valence-corrected chi connectivity index (χ2v) is 6.36. The van der Waals surface area contributed by atoms with Crippen LogP contribution in [-0.2, 0) is 30.4 Å². The van der Waals surface area contributed by atoms with E-state index in [0.717, 1.165) is 0 Å². The lowest BCUT2D eigenvalue weighted by molar-refractivity contribution is -0.142. The van der Waals surface area contributed by atoms with Crippen molar-refractivity contribution >= 4 is 29.7 Å². The second-order valence-electron chi connectivity index (χ2n) is 6.36. The van der Waals surface area contributed by atoms with Gasteiger partial charge < -0.3 is 42.0 Å². The summed E-state index contributed by atoms with van der Waals surface area (Å²) in [5.74, 6) is -5.38. The Bertz CT molecular complexity index is 768. The number of rotatable bonds is 12. The molecule has 0 saturated heterocycles. The molecule has 0 aliphatic rings. The van der Waals surface area contributed by atoms with Crippen LogP contribution in [0.15, 0.2) is 12.5 Å². The molecule has 30 heavy (non-hydrogen) atoms. The summed E-state index contributed by atoms with van der Waals surface area (Å²) in [6, 6.07) is -5.48. The Labute approximate surface area is 170 Å². The molecule has 0 aliphatic heterocycles. The first kappa shape index (κ1) is 24.5. The number of amides is 3. The van der Waals surface area contributed by atoms with Crippen LogP contribution in [0.25, 0.3) is 0 Å². The van der Waals surface area contributed by atoms with Crippen LogP contribution in [0.3, 0.4) is 0 Å². The number of carboxylic acids is 2. The maximum Gasteiger partial charge on any atom is 0.325 e. The van der Waals surface area contributed by atoms with E-state index < -0.39 is 66.9 Å². The number of hydrogen-bond acceptors (Lipinski definition) is 8. The molecule has 4 unspecified atom stereocenters. The Balaban J connectivity index is 2.89. The highest BCUT2D eigenvalue weighted by Crippen LogP contribution is 2.02.